The minimum Gasteiger partial charge on any atom is -0.357 e. The van der Waals surface area contributed by atoms with Crippen LogP contribution in [0.1, 0.15) is 32.1 Å². The van der Waals surface area contributed by atoms with Crippen LogP contribution in [0, 0.1) is 11.8 Å². The Morgan fingerprint density at radius 2 is 2.30 bits per heavy atom. The number of nitrogens with one attached hydrogen (secondary N) is 2. The molecule has 1 aliphatic rings. The summed E-state index contributed by atoms with van der Waals surface area (Å²) < 4.78 is 0. The van der Waals surface area contributed by atoms with Crippen LogP contribution in [0.4, 0.5) is 0 Å². The van der Waals surface area contributed by atoms with Gasteiger partial charge >= 0.3 is 0 Å². The molecule has 1 saturated carbocycles. The highest BCUT2D eigenvalue weighted by molar-refractivity contribution is 14.0. The zero-order chi connectivity index (χ0) is 13.7. The van der Waals surface area contributed by atoms with E-state index in [1.807, 2.05) is 11.3 Å². The Bertz CT molecular complexity index is 405. The highest BCUT2D eigenvalue weighted by atomic mass is 127. The molecule has 1 fully saturated rings. The molecule has 0 bridgehead atoms. The van der Waals surface area contributed by atoms with Crippen molar-refractivity contribution in [3.05, 3.63) is 22.4 Å². The number of hydrogen-bond acceptors (Lipinski definition) is 2. The van der Waals surface area contributed by atoms with Crippen molar-refractivity contribution in [1.82, 2.24) is 10.6 Å². The molecule has 5 heteroatoms. The van der Waals surface area contributed by atoms with E-state index in [0.717, 1.165) is 31.4 Å². The molecule has 2 N–H and O–H groups in total. The first-order valence-corrected chi connectivity index (χ1v) is 8.14. The van der Waals surface area contributed by atoms with E-state index < -0.39 is 0 Å². The number of halogens is 1. The monoisotopic (exact) mass is 407 g/mol. The molecule has 0 amide bonds. The van der Waals surface area contributed by atoms with Crippen LogP contribution in [0.5, 0.6) is 0 Å². The number of aliphatic imine (C=N–C) groups is 1. The Hall–Kier alpha value is -0.300. The van der Waals surface area contributed by atoms with Gasteiger partial charge < -0.3 is 10.6 Å². The smallest absolute Gasteiger partial charge is 0.191 e. The van der Waals surface area contributed by atoms with Gasteiger partial charge in [0, 0.05) is 24.0 Å². The van der Waals surface area contributed by atoms with Crippen molar-refractivity contribution in [2.75, 3.05) is 13.1 Å². The van der Waals surface area contributed by atoms with Crippen LogP contribution in [0.15, 0.2) is 22.5 Å². The zero-order valence-electron chi connectivity index (χ0n) is 12.6. The fourth-order valence-electron chi connectivity index (χ4n) is 2.10. The van der Waals surface area contributed by atoms with Crippen LogP contribution in [0.25, 0.3) is 0 Å². The van der Waals surface area contributed by atoms with Crippen molar-refractivity contribution in [3.8, 4) is 0 Å². The summed E-state index contributed by atoms with van der Waals surface area (Å²) in [6, 6.07) is 4.96. The van der Waals surface area contributed by atoms with Crippen LogP contribution in [0.2, 0.25) is 0 Å². The normalized spacial score (nSPS) is 22.9. The summed E-state index contributed by atoms with van der Waals surface area (Å²) in [5, 5.41) is 8.97. The molecule has 2 rings (SSSR count). The van der Waals surface area contributed by atoms with E-state index in [9.17, 15) is 0 Å². The molecule has 1 aromatic rings. The summed E-state index contributed by atoms with van der Waals surface area (Å²) >= 11 is 1.84. The molecule has 0 spiro atoms. The second-order valence-electron chi connectivity index (χ2n) is 5.57. The maximum Gasteiger partial charge on any atom is 0.191 e. The van der Waals surface area contributed by atoms with Crippen molar-refractivity contribution in [2.45, 2.75) is 39.7 Å². The lowest BCUT2D eigenvalue weighted by Gasteiger charge is -2.13. The van der Waals surface area contributed by atoms with E-state index >= 15 is 0 Å². The molecular weight excluding hydrogens is 381 g/mol. The van der Waals surface area contributed by atoms with Crippen molar-refractivity contribution in [1.29, 1.82) is 0 Å². The maximum absolute atomic E-state index is 4.71. The Kier molecular flexibility index (Phi) is 7.87. The van der Waals surface area contributed by atoms with Gasteiger partial charge in [-0.15, -0.1) is 35.3 Å². The summed E-state index contributed by atoms with van der Waals surface area (Å²) in [7, 11) is 0. The predicted molar refractivity (Wildman–Crippen MR) is 99.3 cm³/mol. The van der Waals surface area contributed by atoms with Gasteiger partial charge in [0.15, 0.2) is 5.96 Å². The standard InChI is InChI=1S/C15H25N3S.HI/c1-4-16-15(18-14-9-12(14)3)17-10-11(2)8-13-6-5-7-19-13;/h5-7,11-12,14H,4,8-10H2,1-3H3,(H2,16,17,18);1H. The van der Waals surface area contributed by atoms with E-state index in [4.69, 9.17) is 4.99 Å². The Morgan fingerprint density at radius 3 is 2.85 bits per heavy atom. The average molecular weight is 407 g/mol. The molecule has 1 aliphatic carbocycles. The van der Waals surface area contributed by atoms with Gasteiger partial charge in [-0.3, -0.25) is 4.99 Å². The fraction of sp³-hybridized carbons (Fsp3) is 0.667. The average Bonchev–Trinajstić information content (AvgIpc) is 2.87. The van der Waals surface area contributed by atoms with E-state index in [1.165, 1.54) is 11.3 Å². The minimum absolute atomic E-state index is 0. The summed E-state index contributed by atoms with van der Waals surface area (Å²) in [6.45, 7) is 8.47. The highest BCUT2D eigenvalue weighted by Crippen LogP contribution is 2.28. The van der Waals surface area contributed by atoms with Gasteiger partial charge in [-0.2, -0.15) is 0 Å². The first-order chi connectivity index (χ1) is 9.19. The lowest BCUT2D eigenvalue weighted by atomic mass is 10.1. The molecule has 1 heterocycles. The molecule has 114 valence electrons. The molecule has 3 atom stereocenters. The molecule has 3 nitrogen and oxygen atoms in total. The van der Waals surface area contributed by atoms with Gasteiger partial charge in [0.1, 0.15) is 0 Å². The number of nitrogens with zero attached hydrogens (tertiary/aromatic N) is 1. The van der Waals surface area contributed by atoms with Crippen molar-refractivity contribution in [2.24, 2.45) is 16.8 Å². The maximum atomic E-state index is 4.71. The molecule has 0 radical (unpaired) electrons. The summed E-state index contributed by atoms with van der Waals surface area (Å²) in [6.07, 6.45) is 2.40. The van der Waals surface area contributed by atoms with Gasteiger partial charge in [-0.25, -0.2) is 0 Å². The molecule has 0 saturated heterocycles. The topological polar surface area (TPSA) is 36.4 Å². The summed E-state index contributed by atoms with van der Waals surface area (Å²) in [5.74, 6) is 2.37. The van der Waals surface area contributed by atoms with Gasteiger partial charge in [0.2, 0.25) is 0 Å². The van der Waals surface area contributed by atoms with E-state index in [0.29, 0.717) is 12.0 Å². The number of rotatable bonds is 6. The second kappa shape index (κ2) is 8.87. The van der Waals surface area contributed by atoms with Gasteiger partial charge in [0.25, 0.3) is 0 Å². The third-order valence-corrected chi connectivity index (χ3v) is 4.37. The minimum atomic E-state index is 0. The van der Waals surface area contributed by atoms with E-state index in [2.05, 4.69) is 48.9 Å². The van der Waals surface area contributed by atoms with Crippen molar-refractivity contribution in [3.63, 3.8) is 0 Å². The Labute approximate surface area is 143 Å². The molecule has 1 aromatic heterocycles. The van der Waals surface area contributed by atoms with Crippen LogP contribution in [0.3, 0.4) is 0 Å². The SMILES string of the molecule is CCNC(=NCC(C)Cc1cccs1)NC1CC1C.I. The van der Waals surface area contributed by atoms with E-state index in [-0.39, 0.29) is 24.0 Å². The van der Waals surface area contributed by atoms with Gasteiger partial charge in [-0.1, -0.05) is 19.9 Å². The van der Waals surface area contributed by atoms with Crippen LogP contribution >= 0.6 is 35.3 Å². The third kappa shape index (κ3) is 5.99. The fourth-order valence-corrected chi connectivity index (χ4v) is 2.97. The predicted octanol–water partition coefficient (Wildman–Crippen LogP) is 3.51. The Balaban J connectivity index is 0.00000200. The number of hydrogen-bond donors (Lipinski definition) is 2. The lowest BCUT2D eigenvalue weighted by molar-refractivity contribution is 0.594. The molecule has 20 heavy (non-hydrogen) atoms. The summed E-state index contributed by atoms with van der Waals surface area (Å²) in [4.78, 5) is 6.16. The summed E-state index contributed by atoms with van der Waals surface area (Å²) in [5.41, 5.74) is 0. The third-order valence-electron chi connectivity index (χ3n) is 3.47. The second-order valence-corrected chi connectivity index (χ2v) is 6.60. The number of thiophene rings is 1. The molecular formula is C15H26IN3S. The number of guanidine groups is 1. The van der Waals surface area contributed by atoms with E-state index in [1.54, 1.807) is 0 Å². The first kappa shape index (κ1) is 17.8. The zero-order valence-corrected chi connectivity index (χ0v) is 15.7. The van der Waals surface area contributed by atoms with Gasteiger partial charge in [-0.05, 0) is 43.0 Å². The highest BCUT2D eigenvalue weighted by Gasteiger charge is 2.33. The molecule has 3 unspecified atom stereocenters. The van der Waals surface area contributed by atoms with Crippen LogP contribution in [-0.2, 0) is 6.42 Å². The van der Waals surface area contributed by atoms with Crippen molar-refractivity contribution < 1.29 is 0 Å². The quantitative estimate of drug-likeness (QED) is 0.430. The first-order valence-electron chi connectivity index (χ1n) is 7.26. The van der Waals surface area contributed by atoms with Gasteiger partial charge in [0.05, 0.1) is 0 Å². The Morgan fingerprint density at radius 1 is 1.55 bits per heavy atom. The van der Waals surface area contributed by atoms with Crippen LogP contribution in [-0.4, -0.2) is 25.1 Å². The lowest BCUT2D eigenvalue weighted by Crippen LogP contribution is -2.39. The molecule has 0 aromatic carbocycles. The van der Waals surface area contributed by atoms with Crippen LogP contribution < -0.4 is 10.6 Å². The van der Waals surface area contributed by atoms with Crippen molar-refractivity contribution >= 4 is 41.3 Å². The largest absolute Gasteiger partial charge is 0.357 e. The molecule has 0 aliphatic heterocycles.